The second kappa shape index (κ2) is 7.84. The molecule has 0 bridgehead atoms. The predicted molar refractivity (Wildman–Crippen MR) is 50.7 cm³/mol. The lowest BCUT2D eigenvalue weighted by atomic mass is 10.8. The van der Waals surface area contributed by atoms with Crippen LogP contribution in [0.1, 0.15) is 0 Å². The summed E-state index contributed by atoms with van der Waals surface area (Å²) in [5.41, 5.74) is 0. The zero-order chi connectivity index (χ0) is 9.33. The Bertz CT molecular complexity index is 194. The first-order valence-electron chi connectivity index (χ1n) is 2.75. The van der Waals surface area contributed by atoms with Crippen LogP contribution in [0.4, 0.5) is 0 Å². The summed E-state index contributed by atoms with van der Waals surface area (Å²) < 4.78 is 27.3. The molecule has 1 N–H and O–H groups in total. The molecule has 0 saturated carbocycles. The summed E-state index contributed by atoms with van der Waals surface area (Å²) in [6.45, 7) is 6.51. The molecule has 0 spiro atoms. The van der Waals surface area contributed by atoms with E-state index in [0.29, 0.717) is 0 Å². The lowest BCUT2D eigenvalue weighted by Crippen LogP contribution is -1.99. The van der Waals surface area contributed by atoms with Crippen molar-refractivity contribution in [2.75, 3.05) is 11.5 Å². The standard InChI is InChI=1S/C3H6O3S.C3H6S/c1-2-3-7(4,5)6;1-2-3-4/h2H,1,3H2,(H,4,5,6);2,4H,1,3H2. The van der Waals surface area contributed by atoms with Gasteiger partial charge in [0.2, 0.25) is 0 Å². The van der Waals surface area contributed by atoms with Gasteiger partial charge in [-0.05, 0) is 0 Å². The highest BCUT2D eigenvalue weighted by Gasteiger charge is 1.95. The van der Waals surface area contributed by atoms with E-state index in [1.165, 1.54) is 0 Å². The van der Waals surface area contributed by atoms with E-state index in [1.54, 1.807) is 6.08 Å². The van der Waals surface area contributed by atoms with Crippen molar-refractivity contribution >= 4 is 22.7 Å². The lowest BCUT2D eigenvalue weighted by Gasteiger charge is -1.82. The van der Waals surface area contributed by atoms with Crippen molar-refractivity contribution in [3.05, 3.63) is 25.3 Å². The van der Waals surface area contributed by atoms with Crippen molar-refractivity contribution in [3.8, 4) is 0 Å². The Morgan fingerprint density at radius 2 is 1.73 bits per heavy atom. The maximum Gasteiger partial charge on any atom is 0.268 e. The van der Waals surface area contributed by atoms with Crippen molar-refractivity contribution in [2.24, 2.45) is 0 Å². The fraction of sp³-hybridized carbons (Fsp3) is 0.333. The van der Waals surface area contributed by atoms with Crippen molar-refractivity contribution in [2.45, 2.75) is 0 Å². The quantitative estimate of drug-likeness (QED) is 0.404. The number of hydrogen-bond acceptors (Lipinski definition) is 3. The van der Waals surface area contributed by atoms with Gasteiger partial charge in [0.15, 0.2) is 0 Å². The van der Waals surface area contributed by atoms with Crippen LogP contribution in [0.3, 0.4) is 0 Å². The van der Waals surface area contributed by atoms with Gasteiger partial charge in [0, 0.05) is 5.75 Å². The first-order valence-corrected chi connectivity index (χ1v) is 5.00. The van der Waals surface area contributed by atoms with Crippen LogP contribution in [0.25, 0.3) is 0 Å². The Kier molecular flexibility index (Phi) is 9.51. The largest absolute Gasteiger partial charge is 0.285 e. The maximum atomic E-state index is 9.72. The topological polar surface area (TPSA) is 54.4 Å². The van der Waals surface area contributed by atoms with Gasteiger partial charge in [-0.3, -0.25) is 4.55 Å². The zero-order valence-corrected chi connectivity index (χ0v) is 7.81. The molecule has 0 heterocycles. The summed E-state index contributed by atoms with van der Waals surface area (Å²) >= 11 is 3.80. The molecular weight excluding hydrogens is 184 g/mol. The van der Waals surface area contributed by atoms with E-state index in [1.807, 2.05) is 0 Å². The second-order valence-corrected chi connectivity index (χ2v) is 3.37. The van der Waals surface area contributed by atoms with E-state index in [0.717, 1.165) is 11.8 Å². The SMILES string of the molecule is C=CCS.C=CCS(=O)(=O)O. The van der Waals surface area contributed by atoms with Gasteiger partial charge in [0.05, 0.1) is 5.75 Å². The average Bonchev–Trinajstić information content (AvgIpc) is 1.86. The van der Waals surface area contributed by atoms with Crippen LogP contribution >= 0.6 is 12.6 Å². The molecule has 0 aromatic rings. The Balaban J connectivity index is 0. The monoisotopic (exact) mass is 196 g/mol. The molecule has 5 heteroatoms. The molecule has 0 saturated heterocycles. The highest BCUT2D eigenvalue weighted by atomic mass is 32.2. The molecule has 0 aliphatic carbocycles. The minimum absolute atomic E-state index is 0.368. The Morgan fingerprint density at radius 1 is 1.36 bits per heavy atom. The zero-order valence-electron chi connectivity index (χ0n) is 6.10. The first kappa shape index (κ1) is 13.3. The van der Waals surface area contributed by atoms with E-state index >= 15 is 0 Å². The maximum absolute atomic E-state index is 9.72. The predicted octanol–water partition coefficient (Wildman–Crippen LogP) is 1.16. The molecule has 0 fully saturated rings. The summed E-state index contributed by atoms with van der Waals surface area (Å²) in [4.78, 5) is 0. The van der Waals surface area contributed by atoms with Crippen molar-refractivity contribution < 1.29 is 13.0 Å². The molecule has 0 aliphatic heterocycles. The normalized spacial score (nSPS) is 9.27. The molecule has 0 aromatic carbocycles. The van der Waals surface area contributed by atoms with E-state index in [2.05, 4.69) is 25.8 Å². The highest BCUT2D eigenvalue weighted by Crippen LogP contribution is 1.78. The average molecular weight is 196 g/mol. The Morgan fingerprint density at radius 3 is 1.73 bits per heavy atom. The van der Waals surface area contributed by atoms with Gasteiger partial charge in [0.1, 0.15) is 0 Å². The molecule has 0 radical (unpaired) electrons. The molecule has 0 rings (SSSR count). The van der Waals surface area contributed by atoms with Crippen LogP contribution in [-0.2, 0) is 10.1 Å². The van der Waals surface area contributed by atoms with Gasteiger partial charge < -0.3 is 0 Å². The third-order valence-electron chi connectivity index (χ3n) is 0.458. The molecule has 11 heavy (non-hydrogen) atoms. The van der Waals surface area contributed by atoms with Gasteiger partial charge >= 0.3 is 0 Å². The van der Waals surface area contributed by atoms with E-state index in [-0.39, 0.29) is 5.75 Å². The number of thiol groups is 1. The fourth-order valence-electron chi connectivity index (χ4n) is 0.149. The third kappa shape index (κ3) is 26.0. The molecule has 0 aliphatic rings. The second-order valence-electron chi connectivity index (χ2n) is 1.51. The lowest BCUT2D eigenvalue weighted by molar-refractivity contribution is 0.487. The summed E-state index contributed by atoms with van der Waals surface area (Å²) in [6, 6.07) is 0. The van der Waals surface area contributed by atoms with Crippen LogP contribution in [0, 0.1) is 0 Å². The van der Waals surface area contributed by atoms with Crippen molar-refractivity contribution in [1.29, 1.82) is 0 Å². The van der Waals surface area contributed by atoms with E-state index in [9.17, 15) is 8.42 Å². The van der Waals surface area contributed by atoms with Crippen molar-refractivity contribution in [3.63, 3.8) is 0 Å². The summed E-state index contributed by atoms with van der Waals surface area (Å²) in [5.74, 6) is 0.410. The van der Waals surface area contributed by atoms with Gasteiger partial charge in [0.25, 0.3) is 10.1 Å². The van der Waals surface area contributed by atoms with Gasteiger partial charge in [-0.15, -0.1) is 13.2 Å². The molecule has 0 atom stereocenters. The Hall–Kier alpha value is -0.260. The van der Waals surface area contributed by atoms with Gasteiger partial charge in [-0.1, -0.05) is 12.2 Å². The van der Waals surface area contributed by atoms with Crippen LogP contribution in [0.5, 0.6) is 0 Å². The third-order valence-corrected chi connectivity index (χ3v) is 1.37. The molecule has 0 unspecified atom stereocenters. The van der Waals surface area contributed by atoms with Crippen LogP contribution in [-0.4, -0.2) is 24.5 Å². The molecule has 3 nitrogen and oxygen atoms in total. The highest BCUT2D eigenvalue weighted by molar-refractivity contribution is 7.85. The Labute approximate surface area is 73.0 Å². The summed E-state index contributed by atoms with van der Waals surface area (Å²) in [5, 5.41) is 0. The van der Waals surface area contributed by atoms with Gasteiger partial charge in [-0.25, -0.2) is 0 Å². The minimum Gasteiger partial charge on any atom is -0.285 e. The van der Waals surface area contributed by atoms with Crippen molar-refractivity contribution in [1.82, 2.24) is 0 Å². The van der Waals surface area contributed by atoms with Crippen LogP contribution in [0.15, 0.2) is 25.3 Å². The summed E-state index contributed by atoms with van der Waals surface area (Å²) in [7, 11) is -3.79. The fourth-order valence-corrected chi connectivity index (χ4v) is 0.447. The number of rotatable bonds is 3. The first-order chi connectivity index (χ1) is 4.97. The number of hydrogen-bond donors (Lipinski definition) is 2. The molecule has 0 amide bonds. The smallest absolute Gasteiger partial charge is 0.268 e. The molecule has 66 valence electrons. The van der Waals surface area contributed by atoms with Crippen LogP contribution in [0.2, 0.25) is 0 Å². The molecular formula is C6H12O3S2. The molecule has 0 aromatic heterocycles. The van der Waals surface area contributed by atoms with E-state index < -0.39 is 10.1 Å². The van der Waals surface area contributed by atoms with Crippen LogP contribution < -0.4 is 0 Å². The van der Waals surface area contributed by atoms with E-state index in [4.69, 9.17) is 4.55 Å². The summed E-state index contributed by atoms with van der Waals surface area (Å²) in [6.07, 6.45) is 2.86. The minimum atomic E-state index is -3.79. The van der Waals surface area contributed by atoms with Gasteiger partial charge in [-0.2, -0.15) is 21.0 Å².